The van der Waals surface area contributed by atoms with Gasteiger partial charge in [-0.2, -0.15) is 9.97 Å². The average Bonchev–Trinajstić information content (AvgIpc) is 4.01. The van der Waals surface area contributed by atoms with E-state index in [1.54, 1.807) is 0 Å². The lowest BCUT2D eigenvalue weighted by Gasteiger charge is -2.13. The van der Waals surface area contributed by atoms with E-state index >= 15 is 0 Å². The van der Waals surface area contributed by atoms with Crippen LogP contribution in [0.4, 0.5) is 0 Å². The molecule has 294 valence electrons. The van der Waals surface area contributed by atoms with Crippen molar-refractivity contribution in [2.75, 3.05) is 0 Å². The maximum absolute atomic E-state index is 6.30. The van der Waals surface area contributed by atoms with Crippen LogP contribution in [0, 0.1) is 0 Å². The third kappa shape index (κ3) is 5.69. The lowest BCUT2D eigenvalue weighted by molar-refractivity contribution is 0.669. The first-order chi connectivity index (χ1) is 31.2. The van der Waals surface area contributed by atoms with Gasteiger partial charge < -0.3 is 8.98 Å². The molecular weight excluding hydrogens is 771 g/mol. The molecule has 13 rings (SSSR count). The standard InChI is InChI=1S/C57H35N5O/c1-3-14-36(15-4-1)39-26-29-46-44-21-8-11-24-50(44)62(52(46)33-39)57-59-55(37-16-5-2-6-17-37)58-56(60-57)41-28-30-45-43-20-7-10-23-49(43)61(51(45)34-41)42-19-13-18-38(32-42)40-27-31-48-47-22-9-12-25-53(47)63-54(48)35-40/h1-35H. The molecule has 63 heavy (non-hydrogen) atoms. The van der Waals surface area contributed by atoms with Gasteiger partial charge in [-0.05, 0) is 76.9 Å². The largest absolute Gasteiger partial charge is 0.456 e. The molecule has 0 radical (unpaired) electrons. The monoisotopic (exact) mass is 805 g/mol. The number of fused-ring (bicyclic) bond motifs is 9. The summed E-state index contributed by atoms with van der Waals surface area (Å²) in [5, 5.41) is 6.85. The van der Waals surface area contributed by atoms with Gasteiger partial charge in [0.1, 0.15) is 11.2 Å². The fourth-order valence-corrected chi connectivity index (χ4v) is 9.42. The molecule has 0 saturated heterocycles. The first kappa shape index (κ1) is 35.2. The minimum atomic E-state index is 0.560. The fraction of sp³-hybridized carbons (Fsp3) is 0. The summed E-state index contributed by atoms with van der Waals surface area (Å²) in [5.74, 6) is 1.76. The minimum absolute atomic E-state index is 0.560. The van der Waals surface area contributed by atoms with Crippen LogP contribution in [0.5, 0.6) is 0 Å². The number of aromatic nitrogens is 5. The molecule has 13 aromatic rings. The van der Waals surface area contributed by atoms with Crippen molar-refractivity contribution in [3.8, 4) is 56.7 Å². The maximum atomic E-state index is 6.30. The normalized spacial score (nSPS) is 11.8. The van der Waals surface area contributed by atoms with E-state index in [0.717, 1.165) is 99.2 Å². The second-order valence-corrected chi connectivity index (χ2v) is 16.0. The zero-order chi connectivity index (χ0) is 41.4. The van der Waals surface area contributed by atoms with Crippen LogP contribution in [0.2, 0.25) is 0 Å². The Hall–Kier alpha value is -8.61. The number of para-hydroxylation sites is 3. The zero-order valence-electron chi connectivity index (χ0n) is 33.9. The second-order valence-electron chi connectivity index (χ2n) is 16.0. The molecule has 0 bridgehead atoms. The van der Waals surface area contributed by atoms with Crippen molar-refractivity contribution in [2.24, 2.45) is 0 Å². The van der Waals surface area contributed by atoms with Gasteiger partial charge in [-0.3, -0.25) is 4.57 Å². The molecule has 4 aromatic heterocycles. The van der Waals surface area contributed by atoms with Gasteiger partial charge in [0.2, 0.25) is 5.95 Å². The number of furan rings is 1. The fourth-order valence-electron chi connectivity index (χ4n) is 9.42. The van der Waals surface area contributed by atoms with Crippen molar-refractivity contribution in [1.29, 1.82) is 0 Å². The predicted octanol–water partition coefficient (Wildman–Crippen LogP) is 14.6. The summed E-state index contributed by atoms with van der Waals surface area (Å²) in [6, 6.07) is 74.5. The maximum Gasteiger partial charge on any atom is 0.238 e. The second kappa shape index (κ2) is 14.0. The highest BCUT2D eigenvalue weighted by atomic mass is 16.3. The number of benzene rings is 9. The summed E-state index contributed by atoms with van der Waals surface area (Å²) in [6.07, 6.45) is 0. The Bertz CT molecular complexity index is 3920. The van der Waals surface area contributed by atoms with E-state index in [1.165, 1.54) is 5.39 Å². The molecule has 0 atom stereocenters. The van der Waals surface area contributed by atoms with Crippen molar-refractivity contribution in [3.63, 3.8) is 0 Å². The van der Waals surface area contributed by atoms with Crippen LogP contribution < -0.4 is 0 Å². The third-order valence-electron chi connectivity index (χ3n) is 12.4. The smallest absolute Gasteiger partial charge is 0.238 e. The number of nitrogens with zero attached hydrogens (tertiary/aromatic N) is 5. The summed E-state index contributed by atoms with van der Waals surface area (Å²) in [5.41, 5.74) is 13.4. The van der Waals surface area contributed by atoms with E-state index in [1.807, 2.05) is 30.3 Å². The molecule has 0 saturated carbocycles. The van der Waals surface area contributed by atoms with Crippen molar-refractivity contribution in [3.05, 3.63) is 212 Å². The first-order valence-electron chi connectivity index (χ1n) is 21.2. The van der Waals surface area contributed by atoms with Crippen LogP contribution in [0.1, 0.15) is 0 Å². The van der Waals surface area contributed by atoms with Crippen LogP contribution >= 0.6 is 0 Å². The van der Waals surface area contributed by atoms with Crippen LogP contribution in [0.25, 0.3) is 122 Å². The average molecular weight is 806 g/mol. The number of hydrogen-bond acceptors (Lipinski definition) is 4. The van der Waals surface area contributed by atoms with Crippen LogP contribution in [-0.4, -0.2) is 24.1 Å². The molecule has 0 aliphatic rings. The lowest BCUT2D eigenvalue weighted by Crippen LogP contribution is -2.06. The van der Waals surface area contributed by atoms with Crippen LogP contribution in [-0.2, 0) is 0 Å². The van der Waals surface area contributed by atoms with E-state index in [0.29, 0.717) is 17.6 Å². The molecule has 0 aliphatic heterocycles. The Balaban J connectivity index is 1.01. The predicted molar refractivity (Wildman–Crippen MR) is 258 cm³/mol. The topological polar surface area (TPSA) is 61.7 Å². The molecule has 0 amide bonds. The third-order valence-corrected chi connectivity index (χ3v) is 12.4. The highest BCUT2D eigenvalue weighted by Gasteiger charge is 2.20. The molecule has 0 fully saturated rings. The van der Waals surface area contributed by atoms with Gasteiger partial charge >= 0.3 is 0 Å². The summed E-state index contributed by atoms with van der Waals surface area (Å²) in [7, 11) is 0. The molecule has 9 aromatic carbocycles. The van der Waals surface area contributed by atoms with E-state index in [4.69, 9.17) is 19.4 Å². The Kier molecular flexibility index (Phi) is 7.80. The Morgan fingerprint density at radius 3 is 1.52 bits per heavy atom. The van der Waals surface area contributed by atoms with Gasteiger partial charge in [-0.25, -0.2) is 4.98 Å². The molecule has 0 aliphatic carbocycles. The van der Waals surface area contributed by atoms with E-state index < -0.39 is 0 Å². The van der Waals surface area contributed by atoms with Crippen molar-refractivity contribution in [1.82, 2.24) is 24.1 Å². The van der Waals surface area contributed by atoms with Gasteiger partial charge in [-0.15, -0.1) is 0 Å². The molecule has 4 heterocycles. The molecule has 0 N–H and O–H groups in total. The Morgan fingerprint density at radius 2 is 0.778 bits per heavy atom. The molecule has 0 spiro atoms. The molecular formula is C57H35N5O. The van der Waals surface area contributed by atoms with Gasteiger partial charge in [0.15, 0.2) is 11.6 Å². The van der Waals surface area contributed by atoms with E-state index in [-0.39, 0.29) is 0 Å². The lowest BCUT2D eigenvalue weighted by atomic mass is 10.0. The Labute approximate surface area is 361 Å². The quantitative estimate of drug-likeness (QED) is 0.168. The summed E-state index contributed by atoms with van der Waals surface area (Å²) in [4.78, 5) is 15.8. The van der Waals surface area contributed by atoms with E-state index in [9.17, 15) is 0 Å². The Morgan fingerprint density at radius 1 is 0.286 bits per heavy atom. The van der Waals surface area contributed by atoms with Crippen molar-refractivity contribution >= 4 is 65.6 Å². The number of rotatable bonds is 6. The summed E-state index contributed by atoms with van der Waals surface area (Å²) < 4.78 is 10.8. The molecule has 6 nitrogen and oxygen atoms in total. The molecule has 0 unspecified atom stereocenters. The van der Waals surface area contributed by atoms with Gasteiger partial charge in [0, 0.05) is 49.1 Å². The van der Waals surface area contributed by atoms with Crippen LogP contribution in [0.15, 0.2) is 217 Å². The summed E-state index contributed by atoms with van der Waals surface area (Å²) >= 11 is 0. The van der Waals surface area contributed by atoms with Gasteiger partial charge in [0.25, 0.3) is 0 Å². The van der Waals surface area contributed by atoms with E-state index in [2.05, 4.69) is 191 Å². The minimum Gasteiger partial charge on any atom is -0.456 e. The highest BCUT2D eigenvalue weighted by Crippen LogP contribution is 2.39. The SMILES string of the molecule is c1ccc(-c2ccc3c4ccccc4n(-c4nc(-c5ccccc5)nc(-c5ccc6c7ccccc7n(-c7cccc(-c8ccc9c(c8)oc8ccccc89)c7)c6c5)n4)c3c2)cc1. The molecule has 6 heteroatoms. The highest BCUT2D eigenvalue weighted by molar-refractivity contribution is 6.11. The van der Waals surface area contributed by atoms with Crippen molar-refractivity contribution in [2.45, 2.75) is 0 Å². The van der Waals surface area contributed by atoms with Crippen molar-refractivity contribution < 1.29 is 4.42 Å². The van der Waals surface area contributed by atoms with Gasteiger partial charge in [0.05, 0.1) is 22.1 Å². The van der Waals surface area contributed by atoms with Crippen LogP contribution in [0.3, 0.4) is 0 Å². The van der Waals surface area contributed by atoms with Gasteiger partial charge in [-0.1, -0.05) is 158 Å². The zero-order valence-corrected chi connectivity index (χ0v) is 33.9. The summed E-state index contributed by atoms with van der Waals surface area (Å²) in [6.45, 7) is 0. The number of hydrogen-bond donors (Lipinski definition) is 0. The first-order valence-corrected chi connectivity index (χ1v) is 21.2.